The van der Waals surface area contributed by atoms with Crippen LogP contribution < -0.4 is 16.7 Å². The van der Waals surface area contributed by atoms with Crippen molar-refractivity contribution in [1.82, 2.24) is 19.7 Å². The Bertz CT molecular complexity index is 1300. The first kappa shape index (κ1) is 30.9. The number of carbonyl (C=O) groups excluding carboxylic acids is 1. The smallest absolute Gasteiger partial charge is 0.382 e. The van der Waals surface area contributed by atoms with Crippen LogP contribution in [-0.4, -0.2) is 44.2 Å². The van der Waals surface area contributed by atoms with Gasteiger partial charge in [-0.15, -0.1) is 5.10 Å². The molecule has 0 fully saturated rings. The molecule has 0 saturated carbocycles. The van der Waals surface area contributed by atoms with E-state index in [4.69, 9.17) is 17.3 Å². The Morgan fingerprint density at radius 2 is 1.68 bits per heavy atom. The van der Waals surface area contributed by atoms with Gasteiger partial charge >= 0.3 is 18.0 Å². The normalized spacial score (nSPS) is 13.5. The monoisotopic (exact) mass is 567 g/mol. The van der Waals surface area contributed by atoms with E-state index in [-0.39, 0.29) is 24.4 Å². The quantitative estimate of drug-likeness (QED) is 0.359. The summed E-state index contributed by atoms with van der Waals surface area (Å²) in [5, 5.41) is 16.0. The van der Waals surface area contributed by atoms with E-state index in [9.17, 15) is 41.0 Å². The summed E-state index contributed by atoms with van der Waals surface area (Å²) < 4.78 is 80.1. The van der Waals surface area contributed by atoms with Crippen molar-refractivity contribution < 1.29 is 36.2 Å². The van der Waals surface area contributed by atoms with Crippen molar-refractivity contribution in [3.8, 4) is 11.4 Å². The Morgan fingerprint density at radius 1 is 1.08 bits per heavy atom. The molecule has 38 heavy (non-hydrogen) atoms. The summed E-state index contributed by atoms with van der Waals surface area (Å²) in [6, 6.07) is 8.68. The number of rotatable bonds is 8. The van der Waals surface area contributed by atoms with Crippen LogP contribution in [0.15, 0.2) is 53.3 Å². The first-order valence-corrected chi connectivity index (χ1v) is 10.9. The second kappa shape index (κ2) is 12.0. The van der Waals surface area contributed by atoms with Crippen molar-refractivity contribution >= 4 is 17.5 Å². The van der Waals surface area contributed by atoms with Crippen LogP contribution in [0.25, 0.3) is 11.4 Å². The summed E-state index contributed by atoms with van der Waals surface area (Å²) in [7, 11) is 0. The lowest BCUT2D eigenvalue weighted by Crippen LogP contribution is -2.40. The van der Waals surface area contributed by atoms with Crippen molar-refractivity contribution in [2.45, 2.75) is 45.0 Å². The maximum Gasteiger partial charge on any atom is 0.416 e. The van der Waals surface area contributed by atoms with Gasteiger partial charge in [0.1, 0.15) is 6.54 Å². The first-order valence-electron chi connectivity index (χ1n) is 10.6. The Kier molecular flexibility index (Phi) is 9.75. The predicted molar refractivity (Wildman–Crippen MR) is 127 cm³/mol. The molecule has 0 bridgehead atoms. The van der Waals surface area contributed by atoms with Crippen molar-refractivity contribution in [2.24, 2.45) is 5.73 Å². The van der Waals surface area contributed by atoms with E-state index in [1.165, 1.54) is 36.4 Å². The van der Waals surface area contributed by atoms with Gasteiger partial charge in [0.05, 0.1) is 18.2 Å². The molecular formula is C23H24ClF6N5O3. The molecule has 8 nitrogen and oxygen atoms in total. The van der Waals surface area contributed by atoms with Gasteiger partial charge < -0.3 is 16.2 Å². The molecule has 0 aliphatic rings. The second-order valence-corrected chi connectivity index (χ2v) is 8.32. The van der Waals surface area contributed by atoms with E-state index in [2.05, 4.69) is 10.4 Å². The lowest BCUT2D eigenvalue weighted by atomic mass is 10.00. The average molecular weight is 568 g/mol. The van der Waals surface area contributed by atoms with Crippen LogP contribution >= 0.6 is 11.6 Å². The Morgan fingerprint density at radius 3 is 2.24 bits per heavy atom. The topological polar surface area (TPSA) is 115 Å². The molecule has 3 rings (SSSR count). The highest BCUT2D eigenvalue weighted by Crippen LogP contribution is 2.34. The molecule has 1 aromatic heterocycles. The minimum absolute atomic E-state index is 0. The summed E-state index contributed by atoms with van der Waals surface area (Å²) >= 11 is 5.82. The molecule has 0 radical (unpaired) electrons. The summed E-state index contributed by atoms with van der Waals surface area (Å²) in [5.41, 5.74) is 3.26. The van der Waals surface area contributed by atoms with Crippen LogP contribution in [0.3, 0.4) is 0 Å². The third-order valence-corrected chi connectivity index (χ3v) is 5.52. The van der Waals surface area contributed by atoms with Gasteiger partial charge in [-0.25, -0.2) is 9.48 Å². The zero-order chi connectivity index (χ0) is 27.5. The first-order chi connectivity index (χ1) is 17.2. The minimum atomic E-state index is -5.05. The predicted octanol–water partition coefficient (Wildman–Crippen LogP) is 3.76. The number of aliphatic hydroxyl groups is 1. The summed E-state index contributed by atoms with van der Waals surface area (Å²) in [6.45, 7) is -2.48. The third-order valence-electron chi connectivity index (χ3n) is 5.26. The highest BCUT2D eigenvalue weighted by molar-refractivity contribution is 6.30. The fraction of sp³-hybridized carbons (Fsp3) is 0.348. The number of benzene rings is 2. The number of aromatic nitrogens is 3. The van der Waals surface area contributed by atoms with Gasteiger partial charge in [-0.1, -0.05) is 37.2 Å². The Labute approximate surface area is 217 Å². The molecule has 0 spiro atoms. The summed E-state index contributed by atoms with van der Waals surface area (Å²) in [6.07, 6.45) is -12.7. The average Bonchev–Trinajstić information content (AvgIpc) is 3.11. The molecule has 2 aromatic carbocycles. The van der Waals surface area contributed by atoms with E-state index >= 15 is 0 Å². The van der Waals surface area contributed by atoms with Gasteiger partial charge in [0, 0.05) is 17.1 Å². The number of nitrogens with zero attached hydrogens (tertiary/aromatic N) is 3. The van der Waals surface area contributed by atoms with Crippen LogP contribution in [0.4, 0.5) is 26.3 Å². The summed E-state index contributed by atoms with van der Waals surface area (Å²) in [5.74, 6) is -1.27. The van der Waals surface area contributed by atoms with Crippen molar-refractivity contribution in [3.05, 3.63) is 75.2 Å². The van der Waals surface area contributed by atoms with Gasteiger partial charge in [0.25, 0.3) is 0 Å². The molecule has 0 aliphatic carbocycles. The number of amides is 1. The number of carbonyl (C=O) groups is 1. The number of halogens is 7. The third kappa shape index (κ3) is 7.14. The molecule has 15 heteroatoms. The number of hydrogen-bond acceptors (Lipinski definition) is 5. The van der Waals surface area contributed by atoms with Crippen molar-refractivity contribution in [3.63, 3.8) is 0 Å². The minimum Gasteiger partial charge on any atom is -0.382 e. The van der Waals surface area contributed by atoms with E-state index in [1.807, 2.05) is 0 Å². The number of hydrogen-bond donors (Lipinski definition) is 3. The van der Waals surface area contributed by atoms with E-state index in [0.717, 1.165) is 12.1 Å². The Hall–Kier alpha value is -3.36. The molecular weight excluding hydrogens is 544 g/mol. The van der Waals surface area contributed by atoms with Crippen LogP contribution in [0.1, 0.15) is 24.6 Å². The largest absolute Gasteiger partial charge is 0.416 e. The Balaban J connectivity index is 0.00000507. The van der Waals surface area contributed by atoms with Crippen LogP contribution in [-0.2, 0) is 24.1 Å². The molecule has 0 saturated heterocycles. The van der Waals surface area contributed by atoms with Gasteiger partial charge in [0.2, 0.25) is 5.91 Å². The van der Waals surface area contributed by atoms with Gasteiger partial charge in [-0.05, 0) is 35.9 Å². The molecule has 4 N–H and O–H groups in total. The maximum absolute atomic E-state index is 13.4. The number of alkyl halides is 6. The second-order valence-electron chi connectivity index (χ2n) is 7.88. The zero-order valence-corrected chi connectivity index (χ0v) is 19.5. The fourth-order valence-electron chi connectivity index (χ4n) is 3.50. The molecule has 208 valence electrons. The molecule has 3 aromatic rings. The molecule has 1 amide bonds. The molecule has 0 aliphatic heterocycles. The van der Waals surface area contributed by atoms with Crippen LogP contribution in [0, 0.1) is 0 Å². The molecule has 1 unspecified atom stereocenters. The van der Waals surface area contributed by atoms with Crippen molar-refractivity contribution in [2.75, 3.05) is 6.54 Å². The zero-order valence-electron chi connectivity index (χ0n) is 18.7. The summed E-state index contributed by atoms with van der Waals surface area (Å²) in [4.78, 5) is 25.5. The molecule has 1 heterocycles. The van der Waals surface area contributed by atoms with Crippen LogP contribution in [0.2, 0.25) is 5.02 Å². The van der Waals surface area contributed by atoms with E-state index < -0.39 is 61.3 Å². The van der Waals surface area contributed by atoms with Crippen molar-refractivity contribution in [1.29, 1.82) is 0 Å². The number of nitrogens with one attached hydrogen (secondary N) is 1. The SMILES string of the molecule is C.NCC(NC(=O)Cn1nc(-c2ccc(Cl)cc2)n(C[C@H](O)C(F)(F)F)c1=O)c1ccccc1C(F)(F)F. The fourth-order valence-corrected chi connectivity index (χ4v) is 3.62. The lowest BCUT2D eigenvalue weighted by Gasteiger charge is -2.21. The highest BCUT2D eigenvalue weighted by Gasteiger charge is 2.39. The van der Waals surface area contributed by atoms with E-state index in [1.54, 1.807) is 0 Å². The van der Waals surface area contributed by atoms with Gasteiger partial charge in [0.15, 0.2) is 11.9 Å². The van der Waals surface area contributed by atoms with Gasteiger partial charge in [-0.3, -0.25) is 9.36 Å². The highest BCUT2D eigenvalue weighted by atomic mass is 35.5. The lowest BCUT2D eigenvalue weighted by molar-refractivity contribution is -0.207. The maximum atomic E-state index is 13.4. The number of aliphatic hydroxyl groups excluding tert-OH is 1. The standard InChI is InChI=1S/C22H20ClF6N5O3.CH4/c23-13-7-5-12(6-8-13)19-32-34(20(37)33(19)10-17(35)22(27,28)29)11-18(36)31-16(9-30)14-3-1-2-4-15(14)21(24,25)26;/h1-8,16-17,35H,9-11,30H2,(H,31,36);1H4/t16?,17-;/m0./s1. The molecule has 2 atom stereocenters. The number of nitrogens with two attached hydrogens (primary N) is 1. The van der Waals surface area contributed by atoms with Crippen LogP contribution in [0.5, 0.6) is 0 Å². The van der Waals surface area contributed by atoms with E-state index in [0.29, 0.717) is 14.3 Å². The van der Waals surface area contributed by atoms with Gasteiger partial charge in [-0.2, -0.15) is 26.3 Å².